The lowest BCUT2D eigenvalue weighted by molar-refractivity contribution is -0.130. The van der Waals surface area contributed by atoms with E-state index >= 15 is 0 Å². The number of aryl methyl sites for hydroxylation is 3. The van der Waals surface area contributed by atoms with E-state index in [-0.39, 0.29) is 18.7 Å². The number of amides is 1. The van der Waals surface area contributed by atoms with Crippen LogP contribution in [0.2, 0.25) is 0 Å². The number of nitrogens with zero attached hydrogens (tertiary/aromatic N) is 2. The van der Waals surface area contributed by atoms with Crippen LogP contribution >= 0.6 is 0 Å². The molecule has 0 unspecified atom stereocenters. The van der Waals surface area contributed by atoms with Gasteiger partial charge in [-0.3, -0.25) is 4.79 Å². The number of rotatable bonds is 5. The SMILES string of the molecule is Cc1noc(C)c1CN(C)C(=O)CCc1ccc(F)cc1F. The van der Waals surface area contributed by atoms with Crippen LogP contribution in [0.25, 0.3) is 0 Å². The summed E-state index contributed by atoms with van der Waals surface area (Å²) in [5.41, 5.74) is 1.96. The third-order valence-electron chi connectivity index (χ3n) is 3.63. The molecule has 2 aromatic rings. The maximum atomic E-state index is 13.5. The van der Waals surface area contributed by atoms with Gasteiger partial charge in [-0.2, -0.15) is 0 Å². The molecular formula is C16H18F2N2O2. The summed E-state index contributed by atoms with van der Waals surface area (Å²) >= 11 is 0. The van der Waals surface area contributed by atoms with Gasteiger partial charge in [-0.25, -0.2) is 8.78 Å². The third kappa shape index (κ3) is 3.69. The minimum Gasteiger partial charge on any atom is -0.361 e. The Morgan fingerprint density at radius 3 is 2.64 bits per heavy atom. The molecule has 0 saturated heterocycles. The molecule has 0 bridgehead atoms. The molecule has 118 valence electrons. The van der Waals surface area contributed by atoms with E-state index in [0.717, 1.165) is 17.3 Å². The summed E-state index contributed by atoms with van der Waals surface area (Å²) in [6.07, 6.45) is 0.388. The summed E-state index contributed by atoms with van der Waals surface area (Å²) in [4.78, 5) is 13.7. The number of halogens is 2. The largest absolute Gasteiger partial charge is 0.361 e. The summed E-state index contributed by atoms with van der Waals surface area (Å²) in [6, 6.07) is 3.39. The second-order valence-electron chi connectivity index (χ2n) is 5.29. The zero-order valence-electron chi connectivity index (χ0n) is 12.8. The molecule has 4 nitrogen and oxygen atoms in total. The van der Waals surface area contributed by atoms with Crippen molar-refractivity contribution in [1.82, 2.24) is 10.1 Å². The Morgan fingerprint density at radius 1 is 1.32 bits per heavy atom. The van der Waals surface area contributed by atoms with E-state index in [0.29, 0.717) is 17.9 Å². The van der Waals surface area contributed by atoms with Crippen LogP contribution in [0.3, 0.4) is 0 Å². The van der Waals surface area contributed by atoms with Gasteiger partial charge in [0.05, 0.1) is 12.2 Å². The Labute approximate surface area is 127 Å². The first-order chi connectivity index (χ1) is 10.4. The van der Waals surface area contributed by atoms with Crippen molar-refractivity contribution >= 4 is 5.91 Å². The van der Waals surface area contributed by atoms with Gasteiger partial charge in [0.2, 0.25) is 5.91 Å². The van der Waals surface area contributed by atoms with Gasteiger partial charge in [0.15, 0.2) is 0 Å². The van der Waals surface area contributed by atoms with Crippen molar-refractivity contribution in [3.05, 3.63) is 52.4 Å². The molecule has 0 saturated carbocycles. The smallest absolute Gasteiger partial charge is 0.222 e. The Balaban J connectivity index is 1.94. The van der Waals surface area contributed by atoms with Crippen LogP contribution in [-0.2, 0) is 17.8 Å². The second kappa shape index (κ2) is 6.68. The molecule has 6 heteroatoms. The number of benzene rings is 1. The molecule has 0 aliphatic carbocycles. The minimum atomic E-state index is -0.624. The van der Waals surface area contributed by atoms with E-state index in [1.54, 1.807) is 18.9 Å². The topological polar surface area (TPSA) is 46.3 Å². The molecule has 0 aliphatic rings. The van der Waals surface area contributed by atoms with E-state index < -0.39 is 11.6 Å². The molecule has 0 spiro atoms. The van der Waals surface area contributed by atoms with E-state index in [1.807, 2.05) is 6.92 Å². The first kappa shape index (κ1) is 16.1. The lowest BCUT2D eigenvalue weighted by Gasteiger charge is -2.17. The van der Waals surface area contributed by atoms with Crippen LogP contribution in [0.4, 0.5) is 8.78 Å². The predicted molar refractivity (Wildman–Crippen MR) is 77.1 cm³/mol. The molecule has 0 aliphatic heterocycles. The fourth-order valence-electron chi connectivity index (χ4n) is 2.21. The van der Waals surface area contributed by atoms with Gasteiger partial charge < -0.3 is 9.42 Å². The molecule has 0 radical (unpaired) electrons. The zero-order chi connectivity index (χ0) is 16.3. The number of carbonyl (C=O) groups is 1. The minimum absolute atomic E-state index is 0.122. The van der Waals surface area contributed by atoms with Crippen LogP contribution in [0.15, 0.2) is 22.7 Å². The number of hydrogen-bond donors (Lipinski definition) is 0. The normalized spacial score (nSPS) is 10.8. The predicted octanol–water partition coefficient (Wildman–Crippen LogP) is 3.16. The maximum absolute atomic E-state index is 13.5. The Morgan fingerprint density at radius 2 is 2.05 bits per heavy atom. The second-order valence-corrected chi connectivity index (χ2v) is 5.29. The quantitative estimate of drug-likeness (QED) is 0.852. The molecule has 22 heavy (non-hydrogen) atoms. The summed E-state index contributed by atoms with van der Waals surface area (Å²) in [5.74, 6) is -0.685. The van der Waals surface area contributed by atoms with Crippen molar-refractivity contribution < 1.29 is 18.1 Å². The van der Waals surface area contributed by atoms with Crippen molar-refractivity contribution in [3.63, 3.8) is 0 Å². The molecule has 0 N–H and O–H groups in total. The van der Waals surface area contributed by atoms with Gasteiger partial charge in [-0.1, -0.05) is 11.2 Å². The van der Waals surface area contributed by atoms with E-state index in [4.69, 9.17) is 4.52 Å². The maximum Gasteiger partial charge on any atom is 0.222 e. The monoisotopic (exact) mass is 308 g/mol. The van der Waals surface area contributed by atoms with Gasteiger partial charge in [0.1, 0.15) is 17.4 Å². The highest BCUT2D eigenvalue weighted by atomic mass is 19.1. The van der Waals surface area contributed by atoms with Crippen molar-refractivity contribution in [2.45, 2.75) is 33.2 Å². The first-order valence-electron chi connectivity index (χ1n) is 6.98. The fourth-order valence-corrected chi connectivity index (χ4v) is 2.21. The number of aromatic nitrogens is 1. The first-order valence-corrected chi connectivity index (χ1v) is 6.98. The van der Waals surface area contributed by atoms with E-state index in [9.17, 15) is 13.6 Å². The number of hydrogen-bond acceptors (Lipinski definition) is 3. The number of carbonyl (C=O) groups excluding carboxylic acids is 1. The highest BCUT2D eigenvalue weighted by Gasteiger charge is 2.16. The van der Waals surface area contributed by atoms with Gasteiger partial charge in [-0.15, -0.1) is 0 Å². The summed E-state index contributed by atoms with van der Waals surface area (Å²) in [6.45, 7) is 4.01. The molecule has 1 aromatic heterocycles. The highest BCUT2D eigenvalue weighted by molar-refractivity contribution is 5.76. The Kier molecular flexibility index (Phi) is 4.90. The van der Waals surface area contributed by atoms with E-state index in [1.165, 1.54) is 12.1 Å². The van der Waals surface area contributed by atoms with Crippen LogP contribution in [-0.4, -0.2) is 23.0 Å². The summed E-state index contributed by atoms with van der Waals surface area (Å²) in [5, 5.41) is 3.84. The van der Waals surface area contributed by atoms with Crippen molar-refractivity contribution in [1.29, 1.82) is 0 Å². The van der Waals surface area contributed by atoms with Crippen molar-refractivity contribution in [2.75, 3.05) is 7.05 Å². The molecule has 0 atom stereocenters. The van der Waals surface area contributed by atoms with Crippen LogP contribution in [0.1, 0.15) is 29.0 Å². The molecular weight excluding hydrogens is 290 g/mol. The molecule has 2 rings (SSSR count). The Hall–Kier alpha value is -2.24. The summed E-state index contributed by atoms with van der Waals surface area (Å²) < 4.78 is 31.4. The van der Waals surface area contributed by atoms with Crippen molar-refractivity contribution in [2.24, 2.45) is 0 Å². The van der Waals surface area contributed by atoms with E-state index in [2.05, 4.69) is 5.16 Å². The summed E-state index contributed by atoms with van der Waals surface area (Å²) in [7, 11) is 1.68. The van der Waals surface area contributed by atoms with Gasteiger partial charge >= 0.3 is 0 Å². The van der Waals surface area contributed by atoms with Gasteiger partial charge in [0, 0.05) is 25.1 Å². The molecule has 0 fully saturated rings. The zero-order valence-corrected chi connectivity index (χ0v) is 12.8. The average molecular weight is 308 g/mol. The van der Waals surface area contributed by atoms with Gasteiger partial charge in [-0.05, 0) is 31.9 Å². The Bertz CT molecular complexity index is 663. The van der Waals surface area contributed by atoms with Crippen molar-refractivity contribution in [3.8, 4) is 0 Å². The average Bonchev–Trinajstić information content (AvgIpc) is 2.77. The van der Waals surface area contributed by atoms with Gasteiger partial charge in [0.25, 0.3) is 0 Å². The lowest BCUT2D eigenvalue weighted by Crippen LogP contribution is -2.26. The highest BCUT2D eigenvalue weighted by Crippen LogP contribution is 2.16. The standard InChI is InChI=1S/C16H18F2N2O2/c1-10-14(11(2)22-19-10)9-20(3)16(21)7-5-12-4-6-13(17)8-15(12)18/h4,6,8H,5,7,9H2,1-3H3. The third-order valence-corrected chi connectivity index (χ3v) is 3.63. The fraction of sp³-hybridized carbons (Fsp3) is 0.375. The molecule has 1 aromatic carbocycles. The molecule has 1 heterocycles. The molecule has 1 amide bonds. The van der Waals surface area contributed by atoms with Crippen LogP contribution in [0, 0.1) is 25.5 Å². The van der Waals surface area contributed by atoms with Crippen LogP contribution < -0.4 is 0 Å². The lowest BCUT2D eigenvalue weighted by atomic mass is 10.1. The van der Waals surface area contributed by atoms with Crippen LogP contribution in [0.5, 0.6) is 0 Å².